The van der Waals surface area contributed by atoms with E-state index in [1.807, 2.05) is 17.5 Å². The molecule has 7 nitrogen and oxygen atoms in total. The SMILES string of the molecule is Cc1[nH]c(C(=O)N2CCCC(C(=O)NC(c3cccs3)C(C)C)C2)c(C)c1C(=O)OC(C)C. The van der Waals surface area contributed by atoms with Gasteiger partial charge < -0.3 is 19.9 Å². The maximum absolute atomic E-state index is 13.3. The van der Waals surface area contributed by atoms with Gasteiger partial charge in [-0.1, -0.05) is 19.9 Å². The molecule has 0 bridgehead atoms. The Kier molecular flexibility index (Phi) is 8.00. The molecule has 0 radical (unpaired) electrons. The van der Waals surface area contributed by atoms with Crippen molar-refractivity contribution in [2.24, 2.45) is 11.8 Å². The molecule has 33 heavy (non-hydrogen) atoms. The summed E-state index contributed by atoms with van der Waals surface area (Å²) in [7, 11) is 0. The van der Waals surface area contributed by atoms with Gasteiger partial charge in [0.2, 0.25) is 5.91 Å². The van der Waals surface area contributed by atoms with Crippen molar-refractivity contribution in [1.29, 1.82) is 0 Å². The molecule has 2 aromatic rings. The molecule has 1 saturated heterocycles. The molecule has 8 heteroatoms. The third kappa shape index (κ3) is 5.66. The van der Waals surface area contributed by atoms with Gasteiger partial charge in [0.05, 0.1) is 23.6 Å². The van der Waals surface area contributed by atoms with Crippen LogP contribution in [0.3, 0.4) is 0 Å². The monoisotopic (exact) mass is 473 g/mol. The molecular formula is C25H35N3O4S. The first kappa shape index (κ1) is 25.0. The summed E-state index contributed by atoms with van der Waals surface area (Å²) in [5.74, 6) is -0.622. The minimum absolute atomic E-state index is 0.0137. The number of esters is 1. The van der Waals surface area contributed by atoms with Gasteiger partial charge in [0.25, 0.3) is 5.91 Å². The molecule has 3 rings (SSSR count). The lowest BCUT2D eigenvalue weighted by Crippen LogP contribution is -2.46. The molecule has 0 aliphatic carbocycles. The van der Waals surface area contributed by atoms with E-state index in [0.717, 1.165) is 17.7 Å². The van der Waals surface area contributed by atoms with Gasteiger partial charge >= 0.3 is 5.97 Å². The van der Waals surface area contributed by atoms with Gasteiger partial charge in [0, 0.05) is 23.7 Å². The summed E-state index contributed by atoms with van der Waals surface area (Å²) in [5, 5.41) is 5.23. The summed E-state index contributed by atoms with van der Waals surface area (Å²) in [6, 6.07) is 4.00. The van der Waals surface area contributed by atoms with Crippen molar-refractivity contribution in [1.82, 2.24) is 15.2 Å². The summed E-state index contributed by atoms with van der Waals surface area (Å²) in [5.41, 5.74) is 2.01. The molecule has 2 unspecified atom stereocenters. The Bertz CT molecular complexity index is 994. The predicted molar refractivity (Wildman–Crippen MR) is 129 cm³/mol. The van der Waals surface area contributed by atoms with Crippen LogP contribution in [0.5, 0.6) is 0 Å². The van der Waals surface area contributed by atoms with Crippen molar-refractivity contribution < 1.29 is 19.1 Å². The second-order valence-electron chi connectivity index (χ2n) is 9.42. The third-order valence-corrected chi connectivity index (χ3v) is 7.05. The van der Waals surface area contributed by atoms with Gasteiger partial charge in [-0.05, 0) is 63.5 Å². The molecule has 1 aliphatic rings. The fourth-order valence-corrected chi connectivity index (χ4v) is 5.33. The Labute approximate surface area is 199 Å². The Hall–Kier alpha value is -2.61. The Morgan fingerprint density at radius 2 is 1.94 bits per heavy atom. The normalized spacial score (nSPS) is 17.3. The van der Waals surface area contributed by atoms with Crippen LogP contribution >= 0.6 is 11.3 Å². The zero-order chi connectivity index (χ0) is 24.3. The smallest absolute Gasteiger partial charge is 0.340 e. The highest BCUT2D eigenvalue weighted by atomic mass is 32.1. The molecule has 2 atom stereocenters. The topological polar surface area (TPSA) is 91.5 Å². The molecule has 180 valence electrons. The highest BCUT2D eigenvalue weighted by Crippen LogP contribution is 2.28. The van der Waals surface area contributed by atoms with Crippen molar-refractivity contribution >= 4 is 29.1 Å². The second kappa shape index (κ2) is 10.5. The fraction of sp³-hybridized carbons (Fsp3) is 0.560. The maximum atomic E-state index is 13.3. The quantitative estimate of drug-likeness (QED) is 0.574. The first-order valence-corrected chi connectivity index (χ1v) is 12.5. The number of thiophene rings is 1. The fourth-order valence-electron chi connectivity index (χ4n) is 4.38. The number of likely N-dealkylation sites (tertiary alicyclic amines) is 1. The number of nitrogens with one attached hydrogen (secondary N) is 2. The number of rotatable bonds is 7. The van der Waals surface area contributed by atoms with Crippen molar-refractivity contribution in [2.45, 2.75) is 66.5 Å². The van der Waals surface area contributed by atoms with E-state index in [9.17, 15) is 14.4 Å². The van der Waals surface area contributed by atoms with E-state index < -0.39 is 5.97 Å². The number of aromatic nitrogens is 1. The standard InChI is InChI=1S/C25H35N3O4S/c1-14(2)21(19-10-8-12-33-19)27-23(29)18-9-7-11-28(13-18)24(30)22-16(5)20(17(6)26-22)25(31)32-15(3)4/h8,10,12,14-15,18,21,26H,7,9,11,13H2,1-6H3,(H,27,29). The summed E-state index contributed by atoms with van der Waals surface area (Å²) in [6.45, 7) is 12.3. The largest absolute Gasteiger partial charge is 0.459 e. The maximum Gasteiger partial charge on any atom is 0.340 e. The van der Waals surface area contributed by atoms with Gasteiger partial charge in [-0.25, -0.2) is 4.79 Å². The van der Waals surface area contributed by atoms with Gasteiger partial charge in [-0.2, -0.15) is 0 Å². The zero-order valence-corrected chi connectivity index (χ0v) is 21.2. The van der Waals surface area contributed by atoms with E-state index >= 15 is 0 Å². The molecule has 2 aromatic heterocycles. The van der Waals surface area contributed by atoms with Crippen LogP contribution in [0.25, 0.3) is 0 Å². The Morgan fingerprint density at radius 1 is 1.21 bits per heavy atom. The summed E-state index contributed by atoms with van der Waals surface area (Å²) in [6.07, 6.45) is 1.27. The number of piperidine rings is 1. The minimum Gasteiger partial charge on any atom is -0.459 e. The lowest BCUT2D eigenvalue weighted by Gasteiger charge is -2.33. The molecule has 1 fully saturated rings. The number of aromatic amines is 1. The van der Waals surface area contributed by atoms with E-state index in [4.69, 9.17) is 4.74 Å². The number of carbonyl (C=O) groups excluding carboxylic acids is 3. The Morgan fingerprint density at radius 3 is 2.55 bits per heavy atom. The van der Waals surface area contributed by atoms with Crippen LogP contribution in [-0.4, -0.2) is 46.9 Å². The molecule has 0 aromatic carbocycles. The molecule has 0 saturated carbocycles. The molecule has 3 heterocycles. The van der Waals surface area contributed by atoms with E-state index in [2.05, 4.69) is 24.1 Å². The summed E-state index contributed by atoms with van der Waals surface area (Å²) in [4.78, 5) is 44.9. The second-order valence-corrected chi connectivity index (χ2v) is 10.4. The highest BCUT2D eigenvalue weighted by Gasteiger charge is 2.33. The summed E-state index contributed by atoms with van der Waals surface area (Å²) >= 11 is 1.64. The number of ether oxygens (including phenoxy) is 1. The van der Waals surface area contributed by atoms with E-state index in [-0.39, 0.29) is 35.8 Å². The lowest BCUT2D eigenvalue weighted by atomic mass is 9.95. The van der Waals surface area contributed by atoms with Gasteiger partial charge in [-0.3, -0.25) is 9.59 Å². The molecule has 2 N–H and O–H groups in total. The average molecular weight is 474 g/mol. The van der Waals surface area contributed by atoms with Crippen LogP contribution in [0.15, 0.2) is 17.5 Å². The van der Waals surface area contributed by atoms with Gasteiger partial charge in [-0.15, -0.1) is 11.3 Å². The highest BCUT2D eigenvalue weighted by molar-refractivity contribution is 7.10. The Balaban J connectivity index is 1.72. The van der Waals surface area contributed by atoms with E-state index in [1.54, 1.807) is 43.9 Å². The summed E-state index contributed by atoms with van der Waals surface area (Å²) < 4.78 is 5.34. The van der Waals surface area contributed by atoms with Crippen molar-refractivity contribution in [3.8, 4) is 0 Å². The van der Waals surface area contributed by atoms with Crippen LogP contribution < -0.4 is 5.32 Å². The van der Waals surface area contributed by atoms with Crippen LogP contribution in [0.1, 0.15) is 83.6 Å². The number of H-pyrrole nitrogens is 1. The van der Waals surface area contributed by atoms with Crippen molar-refractivity contribution in [3.05, 3.63) is 44.9 Å². The average Bonchev–Trinajstić information content (AvgIpc) is 3.38. The van der Waals surface area contributed by atoms with Crippen LogP contribution in [-0.2, 0) is 9.53 Å². The first-order chi connectivity index (χ1) is 15.6. The van der Waals surface area contributed by atoms with Gasteiger partial charge in [0.15, 0.2) is 0 Å². The van der Waals surface area contributed by atoms with Crippen LogP contribution in [0.4, 0.5) is 0 Å². The number of carbonyl (C=O) groups is 3. The van der Waals surface area contributed by atoms with Crippen molar-refractivity contribution in [2.75, 3.05) is 13.1 Å². The number of hydrogen-bond donors (Lipinski definition) is 2. The van der Waals surface area contributed by atoms with Crippen LogP contribution in [0.2, 0.25) is 0 Å². The number of aryl methyl sites for hydroxylation is 1. The number of nitrogens with zero attached hydrogens (tertiary/aromatic N) is 1. The molecule has 1 aliphatic heterocycles. The zero-order valence-electron chi connectivity index (χ0n) is 20.4. The van der Waals surface area contributed by atoms with E-state index in [1.165, 1.54) is 0 Å². The lowest BCUT2D eigenvalue weighted by molar-refractivity contribution is -0.127. The van der Waals surface area contributed by atoms with Crippen LogP contribution in [0, 0.1) is 25.7 Å². The molecule has 0 spiro atoms. The molecule has 2 amide bonds. The predicted octanol–water partition coefficient (Wildman–Crippen LogP) is 4.62. The number of amides is 2. The van der Waals surface area contributed by atoms with Crippen molar-refractivity contribution in [3.63, 3.8) is 0 Å². The van der Waals surface area contributed by atoms with Gasteiger partial charge in [0.1, 0.15) is 5.69 Å². The minimum atomic E-state index is -0.431. The number of hydrogen-bond acceptors (Lipinski definition) is 5. The van der Waals surface area contributed by atoms with E-state index in [0.29, 0.717) is 35.6 Å². The molecular weight excluding hydrogens is 438 g/mol. The third-order valence-electron chi connectivity index (χ3n) is 6.09. The first-order valence-electron chi connectivity index (χ1n) is 11.6.